The highest BCUT2D eigenvalue weighted by molar-refractivity contribution is 7.99. The van der Waals surface area contributed by atoms with Crippen LogP contribution in [0.2, 0.25) is 5.02 Å². The van der Waals surface area contributed by atoms with Crippen molar-refractivity contribution in [2.75, 3.05) is 18.7 Å². The smallest absolute Gasteiger partial charge is 0.240 e. The average Bonchev–Trinajstić information content (AvgIpc) is 2.91. The molecule has 1 heterocycles. The van der Waals surface area contributed by atoms with Crippen molar-refractivity contribution in [3.63, 3.8) is 0 Å². The molecule has 0 radical (unpaired) electrons. The van der Waals surface area contributed by atoms with Gasteiger partial charge in [-0.1, -0.05) is 23.7 Å². The van der Waals surface area contributed by atoms with E-state index >= 15 is 0 Å². The lowest BCUT2D eigenvalue weighted by molar-refractivity contribution is -0.133. The molecule has 2 atom stereocenters. The van der Waals surface area contributed by atoms with Gasteiger partial charge in [0.05, 0.1) is 12.1 Å². The van der Waals surface area contributed by atoms with Gasteiger partial charge >= 0.3 is 0 Å². The summed E-state index contributed by atoms with van der Waals surface area (Å²) in [4.78, 5) is 14.0. The second kappa shape index (κ2) is 5.95. The minimum Gasteiger partial charge on any atom is -0.338 e. The number of halogens is 1. The molecule has 3 nitrogen and oxygen atoms in total. The zero-order valence-corrected chi connectivity index (χ0v) is 12.1. The van der Waals surface area contributed by atoms with Gasteiger partial charge < -0.3 is 4.90 Å². The molecular formula is C13H17ClN2OS. The van der Waals surface area contributed by atoms with Crippen molar-refractivity contribution in [3.05, 3.63) is 34.9 Å². The highest BCUT2D eigenvalue weighted by atomic mass is 35.5. The molecule has 1 amide bonds. The van der Waals surface area contributed by atoms with E-state index in [0.717, 1.165) is 17.2 Å². The van der Waals surface area contributed by atoms with E-state index in [-0.39, 0.29) is 18.0 Å². The first kappa shape index (κ1) is 13.7. The molecule has 5 heteroatoms. The summed E-state index contributed by atoms with van der Waals surface area (Å²) in [6.45, 7) is 2.03. The number of hydrogen-bond acceptors (Lipinski definition) is 3. The van der Waals surface area contributed by atoms with Crippen molar-refractivity contribution < 1.29 is 4.79 Å². The Labute approximate surface area is 117 Å². The highest BCUT2D eigenvalue weighted by Crippen LogP contribution is 2.22. The van der Waals surface area contributed by atoms with Crippen molar-refractivity contribution in [2.45, 2.75) is 19.0 Å². The lowest BCUT2D eigenvalue weighted by atomic mass is 10.1. The van der Waals surface area contributed by atoms with E-state index in [0.29, 0.717) is 5.02 Å². The Kier molecular flexibility index (Phi) is 4.54. The third kappa shape index (κ3) is 2.99. The molecule has 1 N–H and O–H groups in total. The van der Waals surface area contributed by atoms with Crippen LogP contribution in [0.5, 0.6) is 0 Å². The molecule has 0 spiro atoms. The van der Waals surface area contributed by atoms with Gasteiger partial charge in [0.1, 0.15) is 0 Å². The lowest BCUT2D eigenvalue weighted by Gasteiger charge is -2.27. The van der Waals surface area contributed by atoms with E-state index in [1.807, 2.05) is 38.2 Å². The molecule has 0 saturated carbocycles. The Morgan fingerprint density at radius 2 is 2.17 bits per heavy atom. The molecule has 1 aliphatic rings. The Bertz CT molecular complexity index is 418. The van der Waals surface area contributed by atoms with Crippen molar-refractivity contribution in [1.82, 2.24) is 10.2 Å². The maximum atomic E-state index is 12.3. The average molecular weight is 285 g/mol. The molecule has 98 valence electrons. The first-order valence-corrected chi connectivity index (χ1v) is 7.46. The first-order valence-electron chi connectivity index (χ1n) is 5.93. The molecule has 1 aromatic carbocycles. The third-order valence-corrected chi connectivity index (χ3v) is 4.49. The molecule has 1 fully saturated rings. The Morgan fingerprint density at radius 1 is 1.50 bits per heavy atom. The molecule has 2 unspecified atom stereocenters. The molecule has 0 bridgehead atoms. The van der Waals surface area contributed by atoms with Crippen LogP contribution in [0.3, 0.4) is 0 Å². The quantitative estimate of drug-likeness (QED) is 0.926. The number of nitrogens with zero attached hydrogens (tertiary/aromatic N) is 1. The zero-order chi connectivity index (χ0) is 13.1. The highest BCUT2D eigenvalue weighted by Gasteiger charge is 2.28. The fraction of sp³-hybridized carbons (Fsp3) is 0.462. The summed E-state index contributed by atoms with van der Waals surface area (Å²) in [5.41, 5.74) is 1.10. The number of benzene rings is 1. The van der Waals surface area contributed by atoms with E-state index in [2.05, 4.69) is 5.32 Å². The Balaban J connectivity index is 2.05. The maximum absolute atomic E-state index is 12.3. The number of amides is 1. The van der Waals surface area contributed by atoms with E-state index in [9.17, 15) is 4.79 Å². The number of carbonyl (C=O) groups excluding carboxylic acids is 1. The second-order valence-corrected chi connectivity index (χ2v) is 5.92. The standard InChI is InChI=1S/C13H17ClN2OS/c1-9(10-3-5-11(14)6-4-10)16(2)13(17)12-7-18-8-15-12/h3-6,9,12,15H,7-8H2,1-2H3. The number of nitrogens with one attached hydrogen (secondary N) is 1. The lowest BCUT2D eigenvalue weighted by Crippen LogP contribution is -2.44. The van der Waals surface area contributed by atoms with Crippen LogP contribution in [0.4, 0.5) is 0 Å². The summed E-state index contributed by atoms with van der Waals surface area (Å²) in [5, 5.41) is 3.92. The fourth-order valence-electron chi connectivity index (χ4n) is 1.96. The first-order chi connectivity index (χ1) is 8.59. The molecular weight excluding hydrogens is 268 g/mol. The van der Waals surface area contributed by atoms with Crippen LogP contribution < -0.4 is 5.32 Å². The van der Waals surface area contributed by atoms with Gasteiger partial charge in [0.25, 0.3) is 0 Å². The van der Waals surface area contributed by atoms with Crippen LogP contribution >= 0.6 is 23.4 Å². The van der Waals surface area contributed by atoms with Crippen LogP contribution in [0, 0.1) is 0 Å². The van der Waals surface area contributed by atoms with Gasteiger partial charge in [0.15, 0.2) is 0 Å². The topological polar surface area (TPSA) is 32.3 Å². The second-order valence-electron chi connectivity index (χ2n) is 4.45. The molecule has 2 rings (SSSR count). The Hall–Kier alpha value is -0.710. The van der Waals surface area contributed by atoms with Crippen molar-refractivity contribution in [3.8, 4) is 0 Å². The summed E-state index contributed by atoms with van der Waals surface area (Å²) in [6, 6.07) is 7.66. The maximum Gasteiger partial charge on any atom is 0.240 e. The summed E-state index contributed by atoms with van der Waals surface area (Å²) in [6.07, 6.45) is 0. The number of likely N-dealkylation sites (N-methyl/N-ethyl adjacent to an activating group) is 1. The molecule has 1 aliphatic heterocycles. The predicted octanol–water partition coefficient (Wildman–Crippen LogP) is 2.52. The molecule has 1 aromatic rings. The van der Waals surface area contributed by atoms with Crippen molar-refractivity contribution in [2.24, 2.45) is 0 Å². The van der Waals surface area contributed by atoms with Gasteiger partial charge in [-0.25, -0.2) is 0 Å². The van der Waals surface area contributed by atoms with Crippen molar-refractivity contribution >= 4 is 29.3 Å². The summed E-state index contributed by atoms with van der Waals surface area (Å²) < 4.78 is 0. The fourth-order valence-corrected chi connectivity index (χ4v) is 3.01. The normalized spacial score (nSPS) is 20.7. The van der Waals surface area contributed by atoms with Crippen LogP contribution in [0.15, 0.2) is 24.3 Å². The third-order valence-electron chi connectivity index (χ3n) is 3.30. The van der Waals surface area contributed by atoms with Gasteiger partial charge in [-0.05, 0) is 24.6 Å². The van der Waals surface area contributed by atoms with Crippen molar-refractivity contribution in [1.29, 1.82) is 0 Å². The molecule has 18 heavy (non-hydrogen) atoms. The van der Waals surface area contributed by atoms with Crippen LogP contribution in [-0.4, -0.2) is 35.5 Å². The summed E-state index contributed by atoms with van der Waals surface area (Å²) in [7, 11) is 1.85. The minimum atomic E-state index is -0.0465. The van der Waals surface area contributed by atoms with Gasteiger partial charge in [-0.2, -0.15) is 0 Å². The molecule has 0 aromatic heterocycles. The Morgan fingerprint density at radius 3 is 2.72 bits per heavy atom. The summed E-state index contributed by atoms with van der Waals surface area (Å²) in [5.74, 6) is 1.87. The van der Waals surface area contributed by atoms with Crippen LogP contribution in [0.25, 0.3) is 0 Å². The van der Waals surface area contributed by atoms with E-state index in [1.54, 1.807) is 16.7 Å². The van der Waals surface area contributed by atoms with Gasteiger partial charge in [-0.3, -0.25) is 10.1 Å². The van der Waals surface area contributed by atoms with Gasteiger partial charge in [0, 0.05) is 23.7 Å². The number of rotatable bonds is 3. The SMILES string of the molecule is CC(c1ccc(Cl)cc1)N(C)C(=O)C1CSCN1. The van der Waals surface area contributed by atoms with Gasteiger partial charge in [0.2, 0.25) is 5.91 Å². The summed E-state index contributed by atoms with van der Waals surface area (Å²) >= 11 is 7.63. The van der Waals surface area contributed by atoms with E-state index in [1.165, 1.54) is 0 Å². The van der Waals surface area contributed by atoms with Crippen LogP contribution in [0.1, 0.15) is 18.5 Å². The number of carbonyl (C=O) groups is 1. The number of hydrogen-bond donors (Lipinski definition) is 1. The van der Waals surface area contributed by atoms with Crippen LogP contribution in [-0.2, 0) is 4.79 Å². The number of thioether (sulfide) groups is 1. The largest absolute Gasteiger partial charge is 0.338 e. The monoisotopic (exact) mass is 284 g/mol. The van der Waals surface area contributed by atoms with Gasteiger partial charge in [-0.15, -0.1) is 11.8 Å². The predicted molar refractivity (Wildman–Crippen MR) is 76.9 cm³/mol. The minimum absolute atomic E-state index is 0.0465. The van der Waals surface area contributed by atoms with E-state index < -0.39 is 0 Å². The molecule has 0 aliphatic carbocycles. The molecule has 1 saturated heterocycles. The zero-order valence-electron chi connectivity index (χ0n) is 10.5. The van der Waals surface area contributed by atoms with E-state index in [4.69, 9.17) is 11.6 Å².